The molecule has 0 saturated carbocycles. The van der Waals surface area contributed by atoms with Gasteiger partial charge in [-0.15, -0.1) is 0 Å². The number of rotatable bonds is 13. The van der Waals surface area contributed by atoms with Gasteiger partial charge in [-0.3, -0.25) is 10.2 Å². The smallest absolute Gasteiger partial charge is 0.351 e. The zero-order valence-electron chi connectivity index (χ0n) is 13.5. The monoisotopic (exact) mass is 295 g/mol. The Bertz CT molecular complexity index is 357. The molecule has 0 aliphatic heterocycles. The fraction of sp³-hybridized carbons (Fsp3) is 0.765. The van der Waals surface area contributed by atoms with Crippen LogP contribution in [0.2, 0.25) is 0 Å². The highest BCUT2D eigenvalue weighted by Crippen LogP contribution is 2.10. The van der Waals surface area contributed by atoms with Gasteiger partial charge in [-0.2, -0.15) is 0 Å². The Morgan fingerprint density at radius 1 is 0.905 bits per heavy atom. The summed E-state index contributed by atoms with van der Waals surface area (Å²) in [6.45, 7) is 3.77. The minimum atomic E-state index is -0.728. The highest BCUT2D eigenvalue weighted by Gasteiger charge is 2.15. The van der Waals surface area contributed by atoms with Crippen molar-refractivity contribution in [1.29, 1.82) is 5.41 Å². The van der Waals surface area contributed by atoms with Gasteiger partial charge in [0.05, 0.1) is 6.61 Å². The number of nitrogens with one attached hydrogen (secondary N) is 1. The lowest BCUT2D eigenvalue weighted by Crippen LogP contribution is -2.14. The van der Waals surface area contributed by atoms with Crippen molar-refractivity contribution in [3.8, 4) is 0 Å². The van der Waals surface area contributed by atoms with Crippen molar-refractivity contribution in [2.45, 2.75) is 78.1 Å². The van der Waals surface area contributed by atoms with Gasteiger partial charge in [0, 0.05) is 6.92 Å². The number of hydrogen-bond donors (Lipinski definition) is 1. The Balaban J connectivity index is 3.42. The number of carbonyl (C=O) groups excluding carboxylic acids is 2. The molecule has 0 aliphatic rings. The zero-order chi connectivity index (χ0) is 15.9. The van der Waals surface area contributed by atoms with Crippen LogP contribution in [0.4, 0.5) is 0 Å². The van der Waals surface area contributed by atoms with Crippen LogP contribution in [0.5, 0.6) is 0 Å². The van der Waals surface area contributed by atoms with Crippen molar-refractivity contribution in [3.63, 3.8) is 0 Å². The van der Waals surface area contributed by atoms with Crippen molar-refractivity contribution < 1.29 is 14.3 Å². The largest absolute Gasteiger partial charge is 0.462 e. The summed E-state index contributed by atoms with van der Waals surface area (Å²) in [6.07, 6.45) is 12.2. The summed E-state index contributed by atoms with van der Waals surface area (Å²) >= 11 is 0. The number of hydrogen-bond acceptors (Lipinski definition) is 4. The minimum absolute atomic E-state index is 0.304. The first kappa shape index (κ1) is 19.6. The van der Waals surface area contributed by atoms with E-state index in [0.29, 0.717) is 6.61 Å². The lowest BCUT2D eigenvalue weighted by molar-refractivity contribution is -0.140. The highest BCUT2D eigenvalue weighted by molar-refractivity contribution is 6.22. The van der Waals surface area contributed by atoms with Crippen LogP contribution in [0.15, 0.2) is 5.57 Å². The molecule has 0 aromatic heterocycles. The maximum atomic E-state index is 11.4. The van der Waals surface area contributed by atoms with Gasteiger partial charge in [0.25, 0.3) is 0 Å². The molecular weight excluding hydrogens is 266 g/mol. The molecular formula is C17H29NO3. The summed E-state index contributed by atoms with van der Waals surface area (Å²) in [5, 5.41) is 6.86. The Morgan fingerprint density at radius 2 is 1.38 bits per heavy atom. The van der Waals surface area contributed by atoms with E-state index in [1.807, 2.05) is 5.87 Å². The molecule has 21 heavy (non-hydrogen) atoms. The molecule has 0 heterocycles. The molecule has 0 aromatic rings. The van der Waals surface area contributed by atoms with Gasteiger partial charge < -0.3 is 4.74 Å². The Morgan fingerprint density at radius 3 is 1.81 bits per heavy atom. The topological polar surface area (TPSA) is 67.2 Å². The maximum absolute atomic E-state index is 11.4. The standard InChI is InChI=1S/C17H29NO3/c1-3-4-5-6-7-8-9-10-11-12-13-21-17(20)16(14-18)15(2)19/h18H,3-13H2,1-2H3. The number of ketones is 1. The normalized spacial score (nSPS) is 10.0. The SMILES string of the molecule is CCCCCCCCCCCCOC(=O)C(=C=N)C(C)=O. The fourth-order valence-corrected chi connectivity index (χ4v) is 2.11. The Kier molecular flexibility index (Phi) is 12.7. The molecule has 0 amide bonds. The van der Waals surface area contributed by atoms with Gasteiger partial charge in [0.2, 0.25) is 0 Å². The first-order chi connectivity index (χ1) is 10.1. The number of ether oxygens (including phenoxy) is 1. The number of esters is 1. The lowest BCUT2D eigenvalue weighted by atomic mass is 10.1. The van der Waals surface area contributed by atoms with Gasteiger partial charge >= 0.3 is 5.97 Å². The summed E-state index contributed by atoms with van der Waals surface area (Å²) in [6, 6.07) is 0. The predicted molar refractivity (Wildman–Crippen MR) is 84.7 cm³/mol. The van der Waals surface area contributed by atoms with Crippen LogP contribution in [0.25, 0.3) is 0 Å². The molecule has 0 aromatic carbocycles. The van der Waals surface area contributed by atoms with Crippen LogP contribution >= 0.6 is 0 Å². The van der Waals surface area contributed by atoms with E-state index in [-0.39, 0.29) is 5.57 Å². The van der Waals surface area contributed by atoms with Crippen molar-refractivity contribution in [2.24, 2.45) is 0 Å². The van der Waals surface area contributed by atoms with Crippen LogP contribution in [-0.2, 0) is 14.3 Å². The van der Waals surface area contributed by atoms with E-state index < -0.39 is 11.8 Å². The van der Waals surface area contributed by atoms with Crippen molar-refractivity contribution in [2.75, 3.05) is 6.61 Å². The van der Waals surface area contributed by atoms with E-state index >= 15 is 0 Å². The Labute approximate surface area is 128 Å². The van der Waals surface area contributed by atoms with Crippen molar-refractivity contribution >= 4 is 17.6 Å². The van der Waals surface area contributed by atoms with Gasteiger partial charge in [-0.1, -0.05) is 64.7 Å². The van der Waals surface area contributed by atoms with Crippen molar-refractivity contribution in [1.82, 2.24) is 0 Å². The maximum Gasteiger partial charge on any atom is 0.351 e. The average Bonchev–Trinajstić information content (AvgIpc) is 2.45. The van der Waals surface area contributed by atoms with E-state index in [1.165, 1.54) is 51.9 Å². The quantitative estimate of drug-likeness (QED) is 0.138. The van der Waals surface area contributed by atoms with Crippen LogP contribution in [0.3, 0.4) is 0 Å². The molecule has 4 nitrogen and oxygen atoms in total. The second kappa shape index (κ2) is 13.6. The van der Waals surface area contributed by atoms with E-state index in [9.17, 15) is 9.59 Å². The number of Topliss-reactive ketones (excluding diaryl/α,β-unsaturated/α-hetero) is 1. The highest BCUT2D eigenvalue weighted by atomic mass is 16.5. The summed E-state index contributed by atoms with van der Waals surface area (Å²) in [5.74, 6) is 0.631. The van der Waals surface area contributed by atoms with Gasteiger partial charge in [0.15, 0.2) is 11.4 Å². The molecule has 0 fully saturated rings. The number of unbranched alkanes of at least 4 members (excludes halogenated alkanes) is 9. The summed E-state index contributed by atoms with van der Waals surface area (Å²) in [4.78, 5) is 22.4. The average molecular weight is 295 g/mol. The van der Waals surface area contributed by atoms with Crippen LogP contribution in [-0.4, -0.2) is 24.2 Å². The molecule has 0 saturated heterocycles. The van der Waals surface area contributed by atoms with E-state index in [0.717, 1.165) is 19.3 Å². The molecule has 1 N–H and O–H groups in total. The third-order valence-corrected chi connectivity index (χ3v) is 3.41. The second-order valence-corrected chi connectivity index (χ2v) is 5.37. The first-order valence-corrected chi connectivity index (χ1v) is 8.11. The second-order valence-electron chi connectivity index (χ2n) is 5.37. The fourth-order valence-electron chi connectivity index (χ4n) is 2.11. The summed E-state index contributed by atoms with van der Waals surface area (Å²) < 4.78 is 4.95. The Hall–Kier alpha value is -1.41. The molecule has 0 bridgehead atoms. The zero-order valence-corrected chi connectivity index (χ0v) is 13.5. The molecule has 120 valence electrons. The molecule has 0 unspecified atom stereocenters. The third-order valence-electron chi connectivity index (χ3n) is 3.41. The van der Waals surface area contributed by atoms with Crippen molar-refractivity contribution in [3.05, 3.63) is 5.57 Å². The van der Waals surface area contributed by atoms with E-state index in [1.54, 1.807) is 0 Å². The lowest BCUT2D eigenvalue weighted by Gasteiger charge is -2.04. The predicted octanol–water partition coefficient (Wildman–Crippen LogP) is 4.21. The molecule has 0 atom stereocenters. The molecule has 0 radical (unpaired) electrons. The van der Waals surface area contributed by atoms with E-state index in [4.69, 9.17) is 10.1 Å². The summed E-state index contributed by atoms with van der Waals surface area (Å²) in [7, 11) is 0. The van der Waals surface area contributed by atoms with Crippen LogP contribution in [0, 0.1) is 5.41 Å². The molecule has 4 heteroatoms. The minimum Gasteiger partial charge on any atom is -0.462 e. The first-order valence-electron chi connectivity index (χ1n) is 8.11. The van der Waals surface area contributed by atoms with Gasteiger partial charge in [-0.05, 0) is 12.3 Å². The number of carbonyl (C=O) groups is 2. The van der Waals surface area contributed by atoms with Crippen LogP contribution < -0.4 is 0 Å². The molecule has 0 spiro atoms. The summed E-state index contributed by atoms with van der Waals surface area (Å²) in [5.41, 5.74) is -0.304. The third kappa shape index (κ3) is 11.0. The van der Waals surface area contributed by atoms with Gasteiger partial charge in [-0.25, -0.2) is 4.79 Å². The van der Waals surface area contributed by atoms with E-state index in [2.05, 4.69) is 6.92 Å². The van der Waals surface area contributed by atoms with Crippen LogP contribution in [0.1, 0.15) is 78.1 Å². The molecule has 0 rings (SSSR count). The molecule has 0 aliphatic carbocycles. The van der Waals surface area contributed by atoms with Gasteiger partial charge in [0.1, 0.15) is 0 Å².